The van der Waals surface area contributed by atoms with Gasteiger partial charge in [0.15, 0.2) is 0 Å². The van der Waals surface area contributed by atoms with Crippen molar-refractivity contribution >= 4 is 0 Å². The van der Waals surface area contributed by atoms with Gasteiger partial charge in [-0.3, -0.25) is 0 Å². The lowest BCUT2D eigenvalue weighted by atomic mass is 9.72. The van der Waals surface area contributed by atoms with Gasteiger partial charge in [-0.1, -0.05) is 33.3 Å². The molecule has 118 valence electrons. The lowest BCUT2D eigenvalue weighted by Crippen LogP contribution is -2.34. The Morgan fingerprint density at radius 3 is 2.67 bits per heavy atom. The predicted molar refractivity (Wildman–Crippen MR) is 85.0 cm³/mol. The summed E-state index contributed by atoms with van der Waals surface area (Å²) in [6.45, 7) is 7.56. The van der Waals surface area contributed by atoms with Crippen LogP contribution in [0.25, 0.3) is 0 Å². The van der Waals surface area contributed by atoms with Crippen molar-refractivity contribution in [2.75, 3.05) is 13.7 Å². The highest BCUT2D eigenvalue weighted by molar-refractivity contribution is 5.37. The first-order valence-corrected chi connectivity index (χ1v) is 8.14. The quantitative estimate of drug-likeness (QED) is 0.859. The van der Waals surface area contributed by atoms with Crippen molar-refractivity contribution in [3.63, 3.8) is 0 Å². The van der Waals surface area contributed by atoms with Gasteiger partial charge in [-0.05, 0) is 49.3 Å². The molecule has 2 rings (SSSR count). The first-order valence-electron chi connectivity index (χ1n) is 8.14. The molecule has 3 heteroatoms. The molecule has 1 N–H and O–H groups in total. The van der Waals surface area contributed by atoms with Crippen LogP contribution in [0.2, 0.25) is 0 Å². The van der Waals surface area contributed by atoms with Crippen LogP contribution >= 0.6 is 0 Å². The summed E-state index contributed by atoms with van der Waals surface area (Å²) in [6.07, 6.45) is 3.53. The Kier molecular flexibility index (Phi) is 5.63. The van der Waals surface area contributed by atoms with Crippen LogP contribution in [0.5, 0.6) is 5.75 Å². The summed E-state index contributed by atoms with van der Waals surface area (Å²) in [7, 11) is 1.62. The summed E-state index contributed by atoms with van der Waals surface area (Å²) in [5.74, 6) is 2.44. The summed E-state index contributed by atoms with van der Waals surface area (Å²) in [6, 6.07) is 5.15. The maximum atomic E-state index is 14.4. The lowest BCUT2D eigenvalue weighted by Gasteiger charge is -2.37. The van der Waals surface area contributed by atoms with Crippen LogP contribution in [0.1, 0.15) is 51.6 Å². The Morgan fingerprint density at radius 2 is 2.05 bits per heavy atom. The monoisotopic (exact) mass is 293 g/mol. The van der Waals surface area contributed by atoms with Gasteiger partial charge in [-0.25, -0.2) is 4.39 Å². The van der Waals surface area contributed by atoms with Gasteiger partial charge >= 0.3 is 0 Å². The van der Waals surface area contributed by atoms with Crippen LogP contribution in [-0.2, 0) is 0 Å². The van der Waals surface area contributed by atoms with Crippen LogP contribution < -0.4 is 10.1 Å². The Balaban J connectivity index is 2.31. The molecule has 0 aromatic heterocycles. The first-order chi connectivity index (χ1) is 10.1. The number of halogens is 1. The number of nitrogens with one attached hydrogen (secondary N) is 1. The summed E-state index contributed by atoms with van der Waals surface area (Å²) < 4.78 is 19.8. The van der Waals surface area contributed by atoms with E-state index in [1.165, 1.54) is 12.5 Å². The maximum absolute atomic E-state index is 14.4. The molecule has 4 unspecified atom stereocenters. The zero-order chi connectivity index (χ0) is 15.4. The largest absolute Gasteiger partial charge is 0.496 e. The van der Waals surface area contributed by atoms with Crippen LogP contribution in [-0.4, -0.2) is 13.7 Å². The standard InChI is InChI=1S/C18H28FNO/c1-5-20-18(14-10-9-12(2)13(3)11-14)17-15(19)7-6-8-16(17)21-4/h6-8,12-14,18,20H,5,9-11H2,1-4H3. The number of ether oxygens (including phenoxy) is 1. The van der Waals surface area contributed by atoms with Gasteiger partial charge in [0.1, 0.15) is 11.6 Å². The molecule has 0 saturated heterocycles. The molecule has 0 heterocycles. The molecule has 0 aliphatic heterocycles. The smallest absolute Gasteiger partial charge is 0.131 e. The second-order valence-electron chi connectivity index (χ2n) is 6.42. The fraction of sp³-hybridized carbons (Fsp3) is 0.667. The van der Waals surface area contributed by atoms with Crippen molar-refractivity contribution in [1.29, 1.82) is 0 Å². The minimum Gasteiger partial charge on any atom is -0.496 e. The van der Waals surface area contributed by atoms with E-state index in [0.717, 1.165) is 25.3 Å². The predicted octanol–water partition coefficient (Wildman–Crippen LogP) is 4.56. The normalized spacial score (nSPS) is 27.4. The molecule has 0 amide bonds. The summed E-state index contributed by atoms with van der Waals surface area (Å²) in [5.41, 5.74) is 0.702. The van der Waals surface area contributed by atoms with Crippen molar-refractivity contribution in [3.05, 3.63) is 29.6 Å². The molecule has 4 atom stereocenters. The fourth-order valence-electron chi connectivity index (χ4n) is 3.61. The molecule has 1 aliphatic rings. The summed E-state index contributed by atoms with van der Waals surface area (Å²) in [4.78, 5) is 0. The van der Waals surface area contributed by atoms with Gasteiger partial charge in [-0.2, -0.15) is 0 Å². The van der Waals surface area contributed by atoms with E-state index >= 15 is 0 Å². The molecule has 0 radical (unpaired) electrons. The SMILES string of the molecule is CCNC(c1c(F)cccc1OC)C1CCC(C)C(C)C1. The topological polar surface area (TPSA) is 21.3 Å². The maximum Gasteiger partial charge on any atom is 0.131 e. The summed E-state index contributed by atoms with van der Waals surface area (Å²) in [5, 5.41) is 3.50. The molecule has 1 fully saturated rings. The molecule has 21 heavy (non-hydrogen) atoms. The molecule has 1 aromatic rings. The van der Waals surface area contributed by atoms with Gasteiger partial charge in [0.25, 0.3) is 0 Å². The number of rotatable bonds is 5. The van der Waals surface area contributed by atoms with Crippen molar-refractivity contribution in [2.24, 2.45) is 17.8 Å². The second kappa shape index (κ2) is 7.26. The number of methoxy groups -OCH3 is 1. The van der Waals surface area contributed by atoms with E-state index in [-0.39, 0.29) is 11.9 Å². The van der Waals surface area contributed by atoms with Crippen molar-refractivity contribution in [3.8, 4) is 5.75 Å². The molecule has 0 bridgehead atoms. The average Bonchev–Trinajstić information content (AvgIpc) is 2.48. The molecule has 1 saturated carbocycles. The van der Waals surface area contributed by atoms with Crippen LogP contribution in [0.15, 0.2) is 18.2 Å². The van der Waals surface area contributed by atoms with E-state index in [9.17, 15) is 4.39 Å². The van der Waals surface area contributed by atoms with Crippen molar-refractivity contribution in [1.82, 2.24) is 5.32 Å². The molecular formula is C18H28FNO. The number of benzene rings is 1. The van der Waals surface area contributed by atoms with E-state index in [2.05, 4.69) is 26.1 Å². The third-order valence-electron chi connectivity index (χ3n) is 5.08. The molecule has 1 aromatic carbocycles. The minimum atomic E-state index is -0.161. The molecule has 2 nitrogen and oxygen atoms in total. The Bertz CT molecular complexity index is 463. The first kappa shape index (κ1) is 16.3. The molecule has 1 aliphatic carbocycles. The highest BCUT2D eigenvalue weighted by atomic mass is 19.1. The van der Waals surface area contributed by atoms with E-state index in [1.807, 2.05) is 6.07 Å². The molecular weight excluding hydrogens is 265 g/mol. The van der Waals surface area contributed by atoms with Gasteiger partial charge in [0.2, 0.25) is 0 Å². The highest BCUT2D eigenvalue weighted by Gasteiger charge is 2.33. The van der Waals surface area contributed by atoms with Gasteiger partial charge in [0.05, 0.1) is 7.11 Å². The second-order valence-corrected chi connectivity index (χ2v) is 6.42. The van der Waals surface area contributed by atoms with E-state index in [1.54, 1.807) is 13.2 Å². The van der Waals surface area contributed by atoms with Crippen molar-refractivity contribution < 1.29 is 9.13 Å². The van der Waals surface area contributed by atoms with Crippen molar-refractivity contribution in [2.45, 2.75) is 46.1 Å². The average molecular weight is 293 g/mol. The molecule has 0 spiro atoms. The Morgan fingerprint density at radius 1 is 1.29 bits per heavy atom. The zero-order valence-corrected chi connectivity index (χ0v) is 13.7. The van der Waals surface area contributed by atoms with Gasteiger partial charge in [0, 0.05) is 11.6 Å². The highest BCUT2D eigenvalue weighted by Crippen LogP contribution is 2.42. The number of hydrogen-bond acceptors (Lipinski definition) is 2. The van der Waals surface area contributed by atoms with E-state index in [4.69, 9.17) is 4.74 Å². The zero-order valence-electron chi connectivity index (χ0n) is 13.7. The third-order valence-corrected chi connectivity index (χ3v) is 5.08. The minimum absolute atomic E-state index is 0.0427. The van der Waals surface area contributed by atoms with Gasteiger partial charge < -0.3 is 10.1 Å². The Hall–Kier alpha value is -1.09. The van der Waals surface area contributed by atoms with Crippen LogP contribution in [0.4, 0.5) is 4.39 Å². The van der Waals surface area contributed by atoms with Gasteiger partial charge in [-0.15, -0.1) is 0 Å². The van der Waals surface area contributed by atoms with E-state index < -0.39 is 0 Å². The summed E-state index contributed by atoms with van der Waals surface area (Å²) >= 11 is 0. The van der Waals surface area contributed by atoms with E-state index in [0.29, 0.717) is 23.1 Å². The number of hydrogen-bond donors (Lipinski definition) is 1. The Labute approximate surface area is 128 Å². The third kappa shape index (κ3) is 3.57. The fourth-order valence-corrected chi connectivity index (χ4v) is 3.61. The lowest BCUT2D eigenvalue weighted by molar-refractivity contribution is 0.168. The van der Waals surface area contributed by atoms with Crippen LogP contribution in [0.3, 0.4) is 0 Å². The van der Waals surface area contributed by atoms with Crippen LogP contribution in [0, 0.1) is 23.6 Å².